The Balaban J connectivity index is 1.61. The maximum absolute atomic E-state index is 12.3. The van der Waals surface area contributed by atoms with Crippen molar-refractivity contribution in [3.05, 3.63) is 58.6 Å². The average Bonchev–Trinajstić information content (AvgIpc) is 3.01. The van der Waals surface area contributed by atoms with Gasteiger partial charge in [0.25, 0.3) is 0 Å². The van der Waals surface area contributed by atoms with Gasteiger partial charge in [-0.1, -0.05) is 56.6 Å². The smallest absolute Gasteiger partial charge is 0.414 e. The number of anilines is 1. The number of hydrogen-bond acceptors (Lipinski definition) is 3. The summed E-state index contributed by atoms with van der Waals surface area (Å²) in [7, 11) is 1.56. The molecule has 0 spiro atoms. The van der Waals surface area contributed by atoms with Crippen molar-refractivity contribution in [3.63, 3.8) is 0 Å². The lowest BCUT2D eigenvalue weighted by Gasteiger charge is -2.19. The van der Waals surface area contributed by atoms with Crippen molar-refractivity contribution in [1.82, 2.24) is 0 Å². The van der Waals surface area contributed by atoms with Crippen LogP contribution in [0.3, 0.4) is 0 Å². The van der Waals surface area contributed by atoms with Crippen LogP contribution in [0.1, 0.15) is 38.3 Å². The number of halogens is 1. The Morgan fingerprint density at radius 3 is 2.52 bits per heavy atom. The summed E-state index contributed by atoms with van der Waals surface area (Å²) < 4.78 is 10.8. The molecular formula is C22H26ClNO3. The van der Waals surface area contributed by atoms with Gasteiger partial charge in [0.15, 0.2) is 0 Å². The van der Waals surface area contributed by atoms with E-state index in [1.165, 1.54) is 11.1 Å². The molecule has 27 heavy (non-hydrogen) atoms. The summed E-state index contributed by atoms with van der Waals surface area (Å²) in [6.07, 6.45) is 1.22. The first kappa shape index (κ1) is 19.6. The fraction of sp³-hybridized carbons (Fsp3) is 0.409. The van der Waals surface area contributed by atoms with Crippen LogP contribution in [0.25, 0.3) is 0 Å². The molecule has 5 heteroatoms. The first-order chi connectivity index (χ1) is 12.8. The van der Waals surface area contributed by atoms with E-state index in [4.69, 9.17) is 21.1 Å². The third kappa shape index (κ3) is 4.56. The van der Waals surface area contributed by atoms with Gasteiger partial charge >= 0.3 is 6.09 Å². The Labute approximate surface area is 166 Å². The largest absolute Gasteiger partial charge is 0.495 e. The van der Waals surface area contributed by atoms with Gasteiger partial charge in [0, 0.05) is 6.07 Å². The zero-order valence-electron chi connectivity index (χ0n) is 16.3. The van der Waals surface area contributed by atoms with E-state index in [0.717, 1.165) is 18.5 Å². The molecule has 2 aromatic carbocycles. The van der Waals surface area contributed by atoms with Crippen molar-refractivity contribution >= 4 is 23.4 Å². The van der Waals surface area contributed by atoms with Crippen molar-refractivity contribution in [3.8, 4) is 5.75 Å². The van der Waals surface area contributed by atoms with Gasteiger partial charge in [-0.05, 0) is 41.5 Å². The standard InChI is InChI=1S/C22H26ClNO3/c1-22(2,3)16-8-5-15(6-9-16)7-11-18-14-24(21(25)27-18)17-10-12-19(23)20(13-17)26-4/h5-6,8-10,12-13,18H,7,11,14H2,1-4H3/t18-/m1/s1. The lowest BCUT2D eigenvalue weighted by Crippen LogP contribution is -2.24. The van der Waals surface area contributed by atoms with E-state index in [1.54, 1.807) is 30.2 Å². The van der Waals surface area contributed by atoms with Gasteiger partial charge in [0.2, 0.25) is 0 Å². The minimum atomic E-state index is -0.326. The van der Waals surface area contributed by atoms with Crippen molar-refractivity contribution in [1.29, 1.82) is 0 Å². The summed E-state index contributed by atoms with van der Waals surface area (Å²) in [6, 6.07) is 14.0. The zero-order chi connectivity index (χ0) is 19.6. The number of hydrogen-bond donors (Lipinski definition) is 0. The quantitative estimate of drug-likeness (QED) is 0.669. The van der Waals surface area contributed by atoms with Crippen LogP contribution in [0.4, 0.5) is 10.5 Å². The average molecular weight is 388 g/mol. The second-order valence-corrected chi connectivity index (χ2v) is 8.33. The molecule has 144 valence electrons. The molecule has 1 fully saturated rings. The Kier molecular flexibility index (Phi) is 5.66. The molecule has 2 aromatic rings. The van der Waals surface area contributed by atoms with Crippen molar-refractivity contribution in [2.24, 2.45) is 0 Å². The lowest BCUT2D eigenvalue weighted by molar-refractivity contribution is 0.137. The molecule has 0 aromatic heterocycles. The molecule has 1 atom stereocenters. The number of nitrogens with zero attached hydrogens (tertiary/aromatic N) is 1. The normalized spacial score (nSPS) is 17.1. The monoisotopic (exact) mass is 387 g/mol. The first-order valence-electron chi connectivity index (χ1n) is 9.19. The Morgan fingerprint density at radius 2 is 1.89 bits per heavy atom. The second-order valence-electron chi connectivity index (χ2n) is 7.92. The van der Waals surface area contributed by atoms with E-state index < -0.39 is 0 Å². The Morgan fingerprint density at radius 1 is 1.19 bits per heavy atom. The van der Waals surface area contributed by atoms with Gasteiger partial charge in [0.1, 0.15) is 11.9 Å². The highest BCUT2D eigenvalue weighted by Gasteiger charge is 2.32. The van der Waals surface area contributed by atoms with Crippen molar-refractivity contribution in [2.75, 3.05) is 18.6 Å². The second kappa shape index (κ2) is 7.81. The van der Waals surface area contributed by atoms with E-state index in [9.17, 15) is 4.79 Å². The molecule has 0 aliphatic carbocycles. The minimum Gasteiger partial charge on any atom is -0.495 e. The van der Waals surface area contributed by atoms with Crippen LogP contribution in [0.5, 0.6) is 5.75 Å². The molecule has 0 N–H and O–H groups in total. The fourth-order valence-corrected chi connectivity index (χ4v) is 3.39. The molecule has 1 aliphatic heterocycles. The lowest BCUT2D eigenvalue weighted by atomic mass is 9.86. The van der Waals surface area contributed by atoms with Crippen molar-refractivity contribution in [2.45, 2.75) is 45.1 Å². The minimum absolute atomic E-state index is 0.124. The molecule has 0 radical (unpaired) electrons. The predicted molar refractivity (Wildman–Crippen MR) is 109 cm³/mol. The molecule has 1 saturated heterocycles. The predicted octanol–water partition coefficient (Wildman–Crippen LogP) is 5.60. The molecule has 4 nitrogen and oxygen atoms in total. The number of carbonyl (C=O) groups excluding carboxylic acids is 1. The van der Waals surface area contributed by atoms with E-state index in [1.807, 2.05) is 0 Å². The molecule has 1 amide bonds. The highest BCUT2D eigenvalue weighted by atomic mass is 35.5. The number of rotatable bonds is 5. The van der Waals surface area contributed by atoms with Gasteiger partial charge in [-0.25, -0.2) is 4.79 Å². The summed E-state index contributed by atoms with van der Waals surface area (Å²) in [4.78, 5) is 13.9. The third-order valence-electron chi connectivity index (χ3n) is 4.90. The number of aryl methyl sites for hydroxylation is 1. The van der Waals surface area contributed by atoms with Crippen LogP contribution in [-0.2, 0) is 16.6 Å². The van der Waals surface area contributed by atoms with Crippen LogP contribution in [0, 0.1) is 0 Å². The SMILES string of the molecule is COc1cc(N2C[C@@H](CCc3ccc(C(C)(C)C)cc3)OC2=O)ccc1Cl. The fourth-order valence-electron chi connectivity index (χ4n) is 3.20. The van der Waals surface area contributed by atoms with Crippen molar-refractivity contribution < 1.29 is 14.3 Å². The first-order valence-corrected chi connectivity index (χ1v) is 9.57. The maximum atomic E-state index is 12.3. The summed E-state index contributed by atoms with van der Waals surface area (Å²) in [5.74, 6) is 0.546. The third-order valence-corrected chi connectivity index (χ3v) is 5.21. The van der Waals surface area contributed by atoms with Gasteiger partial charge in [0.05, 0.1) is 24.4 Å². The summed E-state index contributed by atoms with van der Waals surface area (Å²) in [6.45, 7) is 7.16. The Hall–Kier alpha value is -2.20. The molecule has 1 aliphatic rings. The van der Waals surface area contributed by atoms with E-state index in [-0.39, 0.29) is 17.6 Å². The van der Waals surface area contributed by atoms with Gasteiger partial charge in [-0.15, -0.1) is 0 Å². The molecule has 0 saturated carbocycles. The summed E-state index contributed by atoms with van der Waals surface area (Å²) in [5.41, 5.74) is 3.46. The highest BCUT2D eigenvalue weighted by Crippen LogP contribution is 2.32. The number of ether oxygens (including phenoxy) is 2. The summed E-state index contributed by atoms with van der Waals surface area (Å²) >= 11 is 6.07. The van der Waals surface area contributed by atoms with E-state index >= 15 is 0 Å². The van der Waals surface area contributed by atoms with Gasteiger partial charge in [-0.2, -0.15) is 0 Å². The van der Waals surface area contributed by atoms with Crippen LogP contribution >= 0.6 is 11.6 Å². The molecular weight excluding hydrogens is 362 g/mol. The number of cyclic esters (lactones) is 1. The van der Waals surface area contributed by atoms with E-state index in [2.05, 4.69) is 45.0 Å². The van der Waals surface area contributed by atoms with Crippen LogP contribution in [-0.4, -0.2) is 25.9 Å². The number of methoxy groups -OCH3 is 1. The van der Waals surface area contributed by atoms with Gasteiger partial charge in [-0.3, -0.25) is 4.90 Å². The molecule has 1 heterocycles. The molecule has 3 rings (SSSR count). The number of amides is 1. The van der Waals surface area contributed by atoms with E-state index in [0.29, 0.717) is 17.3 Å². The Bertz CT molecular complexity index is 811. The van der Waals surface area contributed by atoms with Crippen LogP contribution < -0.4 is 9.64 Å². The van der Waals surface area contributed by atoms with Crippen LogP contribution in [0.15, 0.2) is 42.5 Å². The molecule has 0 bridgehead atoms. The highest BCUT2D eigenvalue weighted by molar-refractivity contribution is 6.32. The molecule has 0 unspecified atom stereocenters. The number of benzene rings is 2. The van der Waals surface area contributed by atoms with Crippen LogP contribution in [0.2, 0.25) is 5.02 Å². The maximum Gasteiger partial charge on any atom is 0.414 e. The van der Waals surface area contributed by atoms with Gasteiger partial charge < -0.3 is 9.47 Å². The summed E-state index contributed by atoms with van der Waals surface area (Å²) in [5, 5.41) is 0.518. The number of carbonyl (C=O) groups is 1. The topological polar surface area (TPSA) is 38.8 Å². The zero-order valence-corrected chi connectivity index (χ0v) is 17.0.